The molecule has 0 unspecified atom stereocenters. The number of hydrogen-bond acceptors (Lipinski definition) is 2. The zero-order valence-corrected chi connectivity index (χ0v) is 13.1. The molecule has 0 fully saturated rings. The Labute approximate surface area is 124 Å². The fraction of sp³-hybridized carbons (Fsp3) is 0.375. The first-order chi connectivity index (χ1) is 9.42. The Morgan fingerprint density at radius 3 is 2.30 bits per heavy atom. The Kier molecular flexibility index (Phi) is 4.29. The third kappa shape index (κ3) is 2.93. The highest BCUT2D eigenvalue weighted by Gasteiger charge is 2.10. The van der Waals surface area contributed by atoms with E-state index in [2.05, 4.69) is 37.9 Å². The molecule has 3 nitrogen and oxygen atoms in total. The lowest BCUT2D eigenvalue weighted by atomic mass is 10.00. The van der Waals surface area contributed by atoms with Crippen LogP contribution in [0.2, 0.25) is 5.15 Å². The molecule has 1 heterocycles. The van der Waals surface area contributed by atoms with E-state index in [4.69, 9.17) is 11.6 Å². The zero-order valence-electron chi connectivity index (χ0n) is 12.3. The summed E-state index contributed by atoms with van der Waals surface area (Å²) in [5.41, 5.74) is 4.72. The summed E-state index contributed by atoms with van der Waals surface area (Å²) in [7, 11) is 0. The lowest BCUT2D eigenvalue weighted by Crippen LogP contribution is -2.25. The van der Waals surface area contributed by atoms with E-state index in [1.807, 2.05) is 6.92 Å². The van der Waals surface area contributed by atoms with Gasteiger partial charge in [0.05, 0.1) is 6.54 Å². The van der Waals surface area contributed by atoms with Gasteiger partial charge in [0.2, 0.25) is 0 Å². The minimum absolute atomic E-state index is 0.0961. The Balaban J connectivity index is 2.53. The molecule has 1 aromatic heterocycles. The molecule has 0 amide bonds. The van der Waals surface area contributed by atoms with Crippen molar-refractivity contribution in [1.82, 2.24) is 9.55 Å². The van der Waals surface area contributed by atoms with Gasteiger partial charge in [-0.2, -0.15) is 0 Å². The number of nitrogens with zero attached hydrogens (tertiary/aromatic N) is 2. The molecule has 0 radical (unpaired) electrons. The molecule has 1 aromatic carbocycles. The van der Waals surface area contributed by atoms with Gasteiger partial charge >= 0.3 is 0 Å². The van der Waals surface area contributed by atoms with Gasteiger partial charge in [-0.05, 0) is 37.5 Å². The zero-order chi connectivity index (χ0) is 14.9. The van der Waals surface area contributed by atoms with Crippen LogP contribution >= 0.6 is 11.6 Å². The molecule has 106 valence electrons. The summed E-state index contributed by atoms with van der Waals surface area (Å²) in [5.74, 6) is 0.724. The summed E-state index contributed by atoms with van der Waals surface area (Å²) in [5, 5.41) is 0.264. The van der Waals surface area contributed by atoms with Crippen LogP contribution in [0.3, 0.4) is 0 Å². The topological polar surface area (TPSA) is 34.9 Å². The summed E-state index contributed by atoms with van der Waals surface area (Å²) in [6.07, 6.45) is 0.680. The van der Waals surface area contributed by atoms with Crippen molar-refractivity contribution in [2.24, 2.45) is 0 Å². The fourth-order valence-corrected chi connectivity index (χ4v) is 2.77. The summed E-state index contributed by atoms with van der Waals surface area (Å²) in [6, 6.07) is 5.66. The highest BCUT2D eigenvalue weighted by molar-refractivity contribution is 6.29. The van der Waals surface area contributed by atoms with Gasteiger partial charge < -0.3 is 0 Å². The Morgan fingerprint density at radius 2 is 1.75 bits per heavy atom. The van der Waals surface area contributed by atoms with Gasteiger partial charge in [0.25, 0.3) is 5.56 Å². The van der Waals surface area contributed by atoms with Crippen molar-refractivity contribution in [3.8, 4) is 0 Å². The summed E-state index contributed by atoms with van der Waals surface area (Å²) < 4.78 is 1.70. The van der Waals surface area contributed by atoms with Crippen LogP contribution in [-0.4, -0.2) is 9.55 Å². The average molecular weight is 291 g/mol. The van der Waals surface area contributed by atoms with Gasteiger partial charge in [-0.15, -0.1) is 0 Å². The van der Waals surface area contributed by atoms with E-state index in [0.717, 1.165) is 5.82 Å². The summed E-state index contributed by atoms with van der Waals surface area (Å²) in [6.45, 7) is 8.76. The molecule has 0 aliphatic carbocycles. The monoisotopic (exact) mass is 290 g/mol. The molecule has 4 heteroatoms. The lowest BCUT2D eigenvalue weighted by molar-refractivity contribution is 0.670. The maximum absolute atomic E-state index is 12.2. The van der Waals surface area contributed by atoms with Gasteiger partial charge in [-0.25, -0.2) is 4.98 Å². The minimum Gasteiger partial charge on any atom is -0.292 e. The molecule has 0 spiro atoms. The smallest absolute Gasteiger partial charge is 0.255 e. The third-order valence-corrected chi connectivity index (χ3v) is 3.72. The average Bonchev–Trinajstić information content (AvgIpc) is 2.34. The van der Waals surface area contributed by atoms with Gasteiger partial charge in [0.1, 0.15) is 11.0 Å². The van der Waals surface area contributed by atoms with Crippen LogP contribution in [-0.2, 0) is 13.0 Å². The molecule has 2 rings (SSSR count). The van der Waals surface area contributed by atoms with Gasteiger partial charge in [0.15, 0.2) is 0 Å². The van der Waals surface area contributed by atoms with Crippen molar-refractivity contribution < 1.29 is 0 Å². The first-order valence-electron chi connectivity index (χ1n) is 6.75. The first-order valence-corrected chi connectivity index (χ1v) is 7.13. The van der Waals surface area contributed by atoms with Gasteiger partial charge in [0, 0.05) is 12.5 Å². The largest absolute Gasteiger partial charge is 0.292 e. The van der Waals surface area contributed by atoms with E-state index < -0.39 is 0 Å². The molecule has 0 bridgehead atoms. The number of halogens is 1. The number of hydrogen-bond donors (Lipinski definition) is 0. The molecular formula is C16H19ClN2O. The second-order valence-corrected chi connectivity index (χ2v) is 5.54. The molecule has 0 saturated carbocycles. The second-order valence-electron chi connectivity index (χ2n) is 5.15. The number of rotatable bonds is 3. The molecule has 0 aliphatic heterocycles. The van der Waals surface area contributed by atoms with Crippen molar-refractivity contribution in [1.29, 1.82) is 0 Å². The highest BCUT2D eigenvalue weighted by atomic mass is 35.5. The standard InChI is InChI=1S/C16H19ClN2O/c1-5-15-18-14(17)8-16(20)19(15)9-13-11(3)6-10(2)7-12(13)4/h6-8H,5,9H2,1-4H3. The predicted molar refractivity (Wildman–Crippen MR) is 82.6 cm³/mol. The van der Waals surface area contributed by atoms with Gasteiger partial charge in [-0.3, -0.25) is 9.36 Å². The number of benzene rings is 1. The van der Waals surface area contributed by atoms with Crippen LogP contribution in [0.4, 0.5) is 0 Å². The van der Waals surface area contributed by atoms with Crippen molar-refractivity contribution >= 4 is 11.6 Å². The Morgan fingerprint density at radius 1 is 1.15 bits per heavy atom. The Hall–Kier alpha value is -1.61. The quantitative estimate of drug-likeness (QED) is 0.812. The minimum atomic E-state index is -0.0961. The van der Waals surface area contributed by atoms with Crippen molar-refractivity contribution in [2.45, 2.75) is 40.7 Å². The number of aromatic nitrogens is 2. The third-order valence-electron chi connectivity index (χ3n) is 3.53. The molecule has 2 aromatic rings. The van der Waals surface area contributed by atoms with Gasteiger partial charge in [-0.1, -0.05) is 36.2 Å². The second kappa shape index (κ2) is 5.80. The molecule has 0 saturated heterocycles. The Bertz CT molecular complexity index is 681. The van der Waals surface area contributed by atoms with E-state index in [1.165, 1.54) is 28.3 Å². The molecule has 0 aliphatic rings. The van der Waals surface area contributed by atoms with E-state index >= 15 is 0 Å². The first kappa shape index (κ1) is 14.8. The van der Waals surface area contributed by atoms with Crippen LogP contribution in [0.15, 0.2) is 23.0 Å². The van der Waals surface area contributed by atoms with E-state index in [1.54, 1.807) is 4.57 Å². The SMILES string of the molecule is CCc1nc(Cl)cc(=O)n1Cc1c(C)cc(C)cc1C. The molecule has 0 N–H and O–H groups in total. The van der Waals surface area contributed by atoms with Crippen LogP contribution in [0.25, 0.3) is 0 Å². The van der Waals surface area contributed by atoms with E-state index in [0.29, 0.717) is 13.0 Å². The predicted octanol–water partition coefficient (Wildman–Crippen LogP) is 3.43. The van der Waals surface area contributed by atoms with Crippen molar-refractivity contribution in [3.05, 3.63) is 61.8 Å². The molecule has 0 atom stereocenters. The van der Waals surface area contributed by atoms with Crippen molar-refractivity contribution in [3.63, 3.8) is 0 Å². The summed E-state index contributed by atoms with van der Waals surface area (Å²) in [4.78, 5) is 16.4. The molecule has 20 heavy (non-hydrogen) atoms. The maximum atomic E-state index is 12.2. The van der Waals surface area contributed by atoms with Crippen LogP contribution in [0, 0.1) is 20.8 Å². The lowest BCUT2D eigenvalue weighted by Gasteiger charge is -2.15. The van der Waals surface area contributed by atoms with Crippen LogP contribution in [0.1, 0.15) is 35.0 Å². The normalized spacial score (nSPS) is 10.8. The van der Waals surface area contributed by atoms with E-state index in [9.17, 15) is 4.79 Å². The van der Waals surface area contributed by atoms with Crippen molar-refractivity contribution in [2.75, 3.05) is 0 Å². The van der Waals surface area contributed by atoms with E-state index in [-0.39, 0.29) is 10.7 Å². The number of aryl methyl sites for hydroxylation is 4. The fourth-order valence-electron chi connectivity index (χ4n) is 2.58. The molecular weight excluding hydrogens is 272 g/mol. The van der Waals surface area contributed by atoms with Crippen LogP contribution < -0.4 is 5.56 Å². The maximum Gasteiger partial charge on any atom is 0.255 e. The van der Waals surface area contributed by atoms with Crippen LogP contribution in [0.5, 0.6) is 0 Å². The highest BCUT2D eigenvalue weighted by Crippen LogP contribution is 2.18. The summed E-state index contributed by atoms with van der Waals surface area (Å²) >= 11 is 5.86.